The second-order valence-electron chi connectivity index (χ2n) is 2.27. The van der Waals surface area contributed by atoms with Crippen LogP contribution in [0.1, 0.15) is 13.3 Å². The first-order valence-corrected chi connectivity index (χ1v) is 4.27. The molecule has 66 valence electrons. The standard InChI is InChI=1S/C5H8BrN5O/c1-3(6)2-4(12)7-5-8-10-11-9-5/h3H,2H2,1H3,(H2,7,8,9,10,11,12). The van der Waals surface area contributed by atoms with E-state index in [-0.39, 0.29) is 16.7 Å². The summed E-state index contributed by atoms with van der Waals surface area (Å²) in [6.07, 6.45) is 0.383. The fraction of sp³-hybridized carbons (Fsp3) is 0.600. The smallest absolute Gasteiger partial charge is 0.269 e. The van der Waals surface area contributed by atoms with E-state index in [0.29, 0.717) is 6.42 Å². The number of anilines is 1. The van der Waals surface area contributed by atoms with Gasteiger partial charge in [0.25, 0.3) is 5.95 Å². The third kappa shape index (κ3) is 2.95. The van der Waals surface area contributed by atoms with E-state index in [1.54, 1.807) is 0 Å². The van der Waals surface area contributed by atoms with Crippen LogP contribution in [0.15, 0.2) is 0 Å². The molecule has 0 aliphatic carbocycles. The second kappa shape index (κ2) is 4.15. The van der Waals surface area contributed by atoms with Gasteiger partial charge in [-0.1, -0.05) is 28.0 Å². The number of tetrazole rings is 1. The molecule has 1 aromatic heterocycles. The molecule has 6 nitrogen and oxygen atoms in total. The molecule has 1 heterocycles. The summed E-state index contributed by atoms with van der Waals surface area (Å²) in [4.78, 5) is 11.2. The summed E-state index contributed by atoms with van der Waals surface area (Å²) in [7, 11) is 0. The summed E-state index contributed by atoms with van der Waals surface area (Å²) in [6, 6.07) is 0. The van der Waals surface area contributed by atoms with Crippen molar-refractivity contribution in [3.05, 3.63) is 0 Å². The number of amides is 1. The van der Waals surface area contributed by atoms with Crippen LogP contribution < -0.4 is 5.32 Å². The van der Waals surface area contributed by atoms with Crippen molar-refractivity contribution >= 4 is 27.8 Å². The molecule has 7 heteroatoms. The van der Waals surface area contributed by atoms with Gasteiger partial charge in [0.2, 0.25) is 5.91 Å². The quantitative estimate of drug-likeness (QED) is 0.737. The van der Waals surface area contributed by atoms with Gasteiger partial charge in [-0.05, 0) is 5.21 Å². The minimum atomic E-state index is -0.138. The maximum atomic E-state index is 11.1. The monoisotopic (exact) mass is 233 g/mol. The number of aromatic amines is 1. The minimum absolute atomic E-state index is 0.138. The highest BCUT2D eigenvalue weighted by Gasteiger charge is 2.07. The van der Waals surface area contributed by atoms with Crippen molar-refractivity contribution in [3.8, 4) is 0 Å². The Hall–Kier alpha value is -0.980. The molecule has 0 fully saturated rings. The lowest BCUT2D eigenvalue weighted by atomic mass is 10.3. The fourth-order valence-corrected chi connectivity index (χ4v) is 0.940. The molecule has 0 spiro atoms. The molecule has 12 heavy (non-hydrogen) atoms. The summed E-state index contributed by atoms with van der Waals surface area (Å²) in [5.41, 5.74) is 0. The van der Waals surface area contributed by atoms with Gasteiger partial charge in [-0.3, -0.25) is 10.1 Å². The number of aromatic nitrogens is 4. The number of hydrogen-bond acceptors (Lipinski definition) is 4. The Kier molecular flexibility index (Phi) is 3.15. The molecular weight excluding hydrogens is 226 g/mol. The topological polar surface area (TPSA) is 83.6 Å². The Labute approximate surface area is 77.2 Å². The van der Waals surface area contributed by atoms with Gasteiger partial charge in [0.15, 0.2) is 0 Å². The van der Waals surface area contributed by atoms with E-state index in [9.17, 15) is 4.79 Å². The third-order valence-electron chi connectivity index (χ3n) is 1.06. The summed E-state index contributed by atoms with van der Waals surface area (Å²) in [5.74, 6) is 0.0638. The van der Waals surface area contributed by atoms with E-state index < -0.39 is 0 Å². The first kappa shape index (κ1) is 9.11. The van der Waals surface area contributed by atoms with Gasteiger partial charge in [-0.15, -0.1) is 5.10 Å². The summed E-state index contributed by atoms with van der Waals surface area (Å²) in [5, 5.41) is 15.1. The maximum absolute atomic E-state index is 11.1. The molecule has 0 saturated carbocycles. The fourth-order valence-electron chi connectivity index (χ4n) is 0.646. The largest absolute Gasteiger partial charge is 0.292 e. The van der Waals surface area contributed by atoms with Gasteiger partial charge in [0.05, 0.1) is 0 Å². The van der Waals surface area contributed by atoms with Crippen LogP contribution in [-0.2, 0) is 4.79 Å². The molecule has 1 unspecified atom stereocenters. The lowest BCUT2D eigenvalue weighted by Gasteiger charge is -2.00. The zero-order chi connectivity index (χ0) is 8.97. The number of halogens is 1. The number of alkyl halides is 1. The number of carbonyl (C=O) groups excluding carboxylic acids is 1. The number of H-pyrrole nitrogens is 1. The molecule has 1 rings (SSSR count). The molecule has 1 atom stereocenters. The van der Waals surface area contributed by atoms with E-state index >= 15 is 0 Å². The number of hydrogen-bond donors (Lipinski definition) is 2. The average Bonchev–Trinajstić information content (AvgIpc) is 2.37. The third-order valence-corrected chi connectivity index (χ3v) is 1.39. The molecule has 2 N–H and O–H groups in total. The van der Waals surface area contributed by atoms with Crippen LogP contribution in [0.5, 0.6) is 0 Å². The normalized spacial score (nSPS) is 12.5. The average molecular weight is 234 g/mol. The van der Waals surface area contributed by atoms with E-state index in [2.05, 4.69) is 41.9 Å². The summed E-state index contributed by atoms with van der Waals surface area (Å²) in [6.45, 7) is 1.88. The Morgan fingerprint density at radius 2 is 2.58 bits per heavy atom. The van der Waals surface area contributed by atoms with Crippen LogP contribution in [0.2, 0.25) is 0 Å². The molecule has 1 aromatic rings. The first-order chi connectivity index (χ1) is 5.68. The van der Waals surface area contributed by atoms with Crippen LogP contribution in [0.3, 0.4) is 0 Å². The Bertz CT molecular complexity index is 246. The van der Waals surface area contributed by atoms with Gasteiger partial charge in [0.1, 0.15) is 0 Å². The van der Waals surface area contributed by atoms with Gasteiger partial charge in [-0.25, -0.2) is 0 Å². The van der Waals surface area contributed by atoms with Gasteiger partial charge in [-0.2, -0.15) is 5.21 Å². The SMILES string of the molecule is CC(Br)CC(=O)Nc1nn[nH]n1. The number of carbonyl (C=O) groups is 1. The van der Waals surface area contributed by atoms with Crippen molar-refractivity contribution in [1.29, 1.82) is 0 Å². The highest BCUT2D eigenvalue weighted by atomic mass is 79.9. The van der Waals surface area contributed by atoms with Gasteiger partial charge in [0, 0.05) is 11.2 Å². The highest BCUT2D eigenvalue weighted by molar-refractivity contribution is 9.09. The van der Waals surface area contributed by atoms with Crippen LogP contribution in [0.4, 0.5) is 5.95 Å². The van der Waals surface area contributed by atoms with Crippen LogP contribution in [0, 0.1) is 0 Å². The minimum Gasteiger partial charge on any atom is -0.292 e. The molecule has 0 aliphatic rings. The van der Waals surface area contributed by atoms with E-state index in [1.807, 2.05) is 6.92 Å². The maximum Gasteiger partial charge on any atom is 0.269 e. The summed E-state index contributed by atoms with van der Waals surface area (Å²) >= 11 is 3.25. The highest BCUT2D eigenvalue weighted by Crippen LogP contribution is 2.04. The van der Waals surface area contributed by atoms with Crippen LogP contribution in [0.25, 0.3) is 0 Å². The van der Waals surface area contributed by atoms with Gasteiger partial charge >= 0.3 is 0 Å². The molecule has 1 amide bonds. The lowest BCUT2D eigenvalue weighted by Crippen LogP contribution is -2.15. The van der Waals surface area contributed by atoms with Crippen molar-refractivity contribution in [2.75, 3.05) is 5.32 Å². The first-order valence-electron chi connectivity index (χ1n) is 3.36. The molecule has 0 bridgehead atoms. The molecule has 0 aliphatic heterocycles. The number of nitrogens with one attached hydrogen (secondary N) is 2. The zero-order valence-electron chi connectivity index (χ0n) is 6.41. The van der Waals surface area contributed by atoms with Crippen LogP contribution >= 0.6 is 15.9 Å². The lowest BCUT2D eigenvalue weighted by molar-refractivity contribution is -0.116. The summed E-state index contributed by atoms with van der Waals surface area (Å²) < 4.78 is 0. The number of rotatable bonds is 3. The Balaban J connectivity index is 2.37. The Morgan fingerprint density at radius 3 is 3.08 bits per heavy atom. The van der Waals surface area contributed by atoms with Crippen LogP contribution in [-0.4, -0.2) is 31.4 Å². The van der Waals surface area contributed by atoms with Gasteiger partial charge < -0.3 is 0 Å². The molecule has 0 saturated heterocycles. The van der Waals surface area contributed by atoms with Crippen molar-refractivity contribution in [2.24, 2.45) is 0 Å². The van der Waals surface area contributed by atoms with Crippen molar-refractivity contribution in [2.45, 2.75) is 18.2 Å². The van der Waals surface area contributed by atoms with E-state index in [4.69, 9.17) is 0 Å². The van der Waals surface area contributed by atoms with Crippen molar-refractivity contribution < 1.29 is 4.79 Å². The molecule has 0 aromatic carbocycles. The molecular formula is C5H8BrN5O. The van der Waals surface area contributed by atoms with E-state index in [0.717, 1.165) is 0 Å². The van der Waals surface area contributed by atoms with E-state index in [1.165, 1.54) is 0 Å². The predicted molar refractivity (Wildman–Crippen MR) is 45.8 cm³/mol. The number of nitrogens with zero attached hydrogens (tertiary/aromatic N) is 3. The second-order valence-corrected chi connectivity index (χ2v) is 3.83. The van der Waals surface area contributed by atoms with Crippen molar-refractivity contribution in [3.63, 3.8) is 0 Å². The van der Waals surface area contributed by atoms with Crippen molar-refractivity contribution in [1.82, 2.24) is 20.6 Å². The Morgan fingerprint density at radius 1 is 1.83 bits per heavy atom. The predicted octanol–water partition coefficient (Wildman–Crippen LogP) is 0.312. The molecule has 0 radical (unpaired) electrons. The zero-order valence-corrected chi connectivity index (χ0v) is 8.00.